The molecule has 4 nitrogen and oxygen atoms in total. The first kappa shape index (κ1) is 13.4. The van der Waals surface area contributed by atoms with E-state index < -0.39 is 5.82 Å². The van der Waals surface area contributed by atoms with E-state index in [0.29, 0.717) is 25.1 Å². The van der Waals surface area contributed by atoms with Gasteiger partial charge >= 0.3 is 0 Å². The molecule has 17 heavy (non-hydrogen) atoms. The van der Waals surface area contributed by atoms with Gasteiger partial charge in [0.2, 0.25) is 0 Å². The Labute approximate surface area is 100 Å². The van der Waals surface area contributed by atoms with Crippen molar-refractivity contribution < 1.29 is 9.50 Å². The number of nitrogens with zero attached hydrogens (tertiary/aromatic N) is 1. The fourth-order valence-corrected chi connectivity index (χ4v) is 1.71. The van der Waals surface area contributed by atoms with Crippen molar-refractivity contribution in [2.75, 3.05) is 24.6 Å². The number of hydrogen-bond acceptors (Lipinski definition) is 3. The minimum absolute atomic E-state index is 0.104. The topological polar surface area (TPSA) is 73.3 Å². The molecule has 0 heterocycles. The largest absolute Gasteiger partial charge is 0.396 e. The summed E-state index contributed by atoms with van der Waals surface area (Å²) >= 11 is 0. The number of nitrogens with one attached hydrogen (secondary N) is 1. The molecule has 1 aromatic rings. The molecule has 0 spiro atoms. The Morgan fingerprint density at radius 3 is 2.76 bits per heavy atom. The average molecular weight is 239 g/mol. The van der Waals surface area contributed by atoms with Crippen LogP contribution in [0.5, 0.6) is 0 Å². The number of anilines is 1. The van der Waals surface area contributed by atoms with Crippen LogP contribution in [0.2, 0.25) is 0 Å². The number of aliphatic hydroxyl groups is 1. The van der Waals surface area contributed by atoms with Crippen molar-refractivity contribution in [3.05, 3.63) is 29.6 Å². The second-order valence-electron chi connectivity index (χ2n) is 3.73. The Kier molecular flexibility index (Phi) is 4.90. The van der Waals surface area contributed by atoms with Crippen molar-refractivity contribution in [3.8, 4) is 0 Å². The van der Waals surface area contributed by atoms with Crippen molar-refractivity contribution >= 4 is 11.5 Å². The van der Waals surface area contributed by atoms with E-state index in [1.807, 2.05) is 11.8 Å². The Morgan fingerprint density at radius 1 is 1.53 bits per heavy atom. The van der Waals surface area contributed by atoms with Crippen LogP contribution in [0.4, 0.5) is 10.1 Å². The standard InChI is InChI=1S/C12H18FN3O/c1-2-16(6-3-7-17)11-5-4-9(13)8-10(11)12(14)15/h4-5,8,17H,2-3,6-7H2,1H3,(H3,14,15). The van der Waals surface area contributed by atoms with Crippen molar-refractivity contribution in [1.82, 2.24) is 0 Å². The zero-order valence-electron chi connectivity index (χ0n) is 9.91. The Balaban J connectivity index is 3.05. The highest BCUT2D eigenvalue weighted by Gasteiger charge is 2.12. The lowest BCUT2D eigenvalue weighted by atomic mass is 10.1. The normalized spacial score (nSPS) is 10.3. The lowest BCUT2D eigenvalue weighted by Gasteiger charge is -2.25. The molecule has 4 N–H and O–H groups in total. The van der Waals surface area contributed by atoms with Crippen LogP contribution in [0.15, 0.2) is 18.2 Å². The smallest absolute Gasteiger partial charge is 0.125 e. The molecule has 5 heteroatoms. The monoisotopic (exact) mass is 239 g/mol. The van der Waals surface area contributed by atoms with E-state index in [0.717, 1.165) is 5.69 Å². The van der Waals surface area contributed by atoms with Gasteiger partial charge in [-0.2, -0.15) is 0 Å². The molecule has 0 aromatic heterocycles. The number of aliphatic hydroxyl groups excluding tert-OH is 1. The summed E-state index contributed by atoms with van der Waals surface area (Å²) in [5, 5.41) is 16.3. The van der Waals surface area contributed by atoms with E-state index in [4.69, 9.17) is 16.2 Å². The number of amidine groups is 1. The zero-order chi connectivity index (χ0) is 12.8. The minimum atomic E-state index is -0.405. The van der Waals surface area contributed by atoms with E-state index in [1.165, 1.54) is 12.1 Å². The second kappa shape index (κ2) is 6.20. The van der Waals surface area contributed by atoms with Crippen LogP contribution in [-0.4, -0.2) is 30.6 Å². The zero-order valence-corrected chi connectivity index (χ0v) is 9.91. The molecular weight excluding hydrogens is 221 g/mol. The molecule has 0 aliphatic carbocycles. The van der Waals surface area contributed by atoms with Gasteiger partial charge in [-0.3, -0.25) is 5.41 Å². The number of hydrogen-bond donors (Lipinski definition) is 3. The van der Waals surface area contributed by atoms with Gasteiger partial charge in [0, 0.05) is 30.9 Å². The highest BCUT2D eigenvalue weighted by molar-refractivity contribution is 6.00. The number of nitrogens with two attached hydrogens (primary N) is 1. The van der Waals surface area contributed by atoms with Crippen LogP contribution < -0.4 is 10.6 Å². The molecular formula is C12H18FN3O. The van der Waals surface area contributed by atoms with Crippen LogP contribution in [-0.2, 0) is 0 Å². The molecule has 0 amide bonds. The molecule has 0 aliphatic heterocycles. The molecule has 94 valence electrons. The van der Waals surface area contributed by atoms with E-state index in [1.54, 1.807) is 6.07 Å². The Hall–Kier alpha value is -1.62. The first-order chi connectivity index (χ1) is 8.10. The quantitative estimate of drug-likeness (QED) is 0.518. The second-order valence-corrected chi connectivity index (χ2v) is 3.73. The van der Waals surface area contributed by atoms with Crippen molar-refractivity contribution in [1.29, 1.82) is 5.41 Å². The predicted molar refractivity (Wildman–Crippen MR) is 67.0 cm³/mol. The summed E-state index contributed by atoms with van der Waals surface area (Å²) in [4.78, 5) is 1.96. The van der Waals surface area contributed by atoms with Crippen molar-refractivity contribution in [3.63, 3.8) is 0 Å². The summed E-state index contributed by atoms with van der Waals surface area (Å²) in [5.74, 6) is -0.556. The van der Waals surface area contributed by atoms with Gasteiger partial charge in [0.15, 0.2) is 0 Å². The average Bonchev–Trinajstić information content (AvgIpc) is 2.31. The Morgan fingerprint density at radius 2 is 2.24 bits per heavy atom. The first-order valence-corrected chi connectivity index (χ1v) is 5.60. The summed E-state index contributed by atoms with van der Waals surface area (Å²) in [6.45, 7) is 3.43. The van der Waals surface area contributed by atoms with E-state index >= 15 is 0 Å². The molecule has 0 atom stereocenters. The van der Waals surface area contributed by atoms with E-state index in [9.17, 15) is 4.39 Å². The number of rotatable bonds is 6. The van der Waals surface area contributed by atoms with Crippen LogP contribution in [0, 0.1) is 11.2 Å². The van der Waals surface area contributed by atoms with Gasteiger partial charge in [0.25, 0.3) is 0 Å². The van der Waals surface area contributed by atoms with Crippen molar-refractivity contribution in [2.45, 2.75) is 13.3 Å². The summed E-state index contributed by atoms with van der Waals surface area (Å²) in [6, 6.07) is 4.23. The van der Waals surface area contributed by atoms with Crippen LogP contribution >= 0.6 is 0 Å². The lowest BCUT2D eigenvalue weighted by molar-refractivity contribution is 0.289. The fourth-order valence-electron chi connectivity index (χ4n) is 1.71. The maximum atomic E-state index is 13.1. The molecule has 0 radical (unpaired) electrons. The van der Waals surface area contributed by atoms with E-state index in [2.05, 4.69) is 0 Å². The van der Waals surface area contributed by atoms with Crippen LogP contribution in [0.1, 0.15) is 18.9 Å². The molecule has 0 unspecified atom stereocenters. The lowest BCUT2D eigenvalue weighted by Crippen LogP contribution is -2.27. The third kappa shape index (κ3) is 3.42. The number of nitrogen functional groups attached to an aromatic ring is 1. The van der Waals surface area contributed by atoms with Crippen molar-refractivity contribution in [2.24, 2.45) is 5.73 Å². The summed E-state index contributed by atoms with van der Waals surface area (Å²) < 4.78 is 13.1. The van der Waals surface area contributed by atoms with Gasteiger partial charge in [-0.25, -0.2) is 4.39 Å². The molecule has 0 fully saturated rings. The SMILES string of the molecule is CCN(CCCO)c1ccc(F)cc1C(=N)N. The third-order valence-corrected chi connectivity index (χ3v) is 2.56. The highest BCUT2D eigenvalue weighted by atomic mass is 19.1. The van der Waals surface area contributed by atoms with Gasteiger partial charge in [-0.05, 0) is 31.5 Å². The number of halogens is 1. The van der Waals surface area contributed by atoms with Gasteiger partial charge in [0.1, 0.15) is 11.7 Å². The molecule has 0 bridgehead atoms. The minimum Gasteiger partial charge on any atom is -0.396 e. The highest BCUT2D eigenvalue weighted by Crippen LogP contribution is 2.21. The molecule has 1 aromatic carbocycles. The van der Waals surface area contributed by atoms with Crippen LogP contribution in [0.3, 0.4) is 0 Å². The summed E-state index contributed by atoms with van der Waals surface area (Å²) in [5.41, 5.74) is 6.57. The molecule has 0 saturated carbocycles. The third-order valence-electron chi connectivity index (χ3n) is 2.56. The molecule has 0 saturated heterocycles. The molecule has 0 aliphatic rings. The van der Waals surface area contributed by atoms with Gasteiger partial charge in [-0.15, -0.1) is 0 Å². The van der Waals surface area contributed by atoms with Gasteiger partial charge in [-0.1, -0.05) is 0 Å². The first-order valence-electron chi connectivity index (χ1n) is 5.60. The molecule has 1 rings (SSSR count). The maximum absolute atomic E-state index is 13.1. The summed E-state index contributed by atoms with van der Waals surface area (Å²) in [7, 11) is 0. The van der Waals surface area contributed by atoms with Gasteiger partial charge in [0.05, 0.1) is 0 Å². The van der Waals surface area contributed by atoms with Crippen LogP contribution in [0.25, 0.3) is 0 Å². The van der Waals surface area contributed by atoms with Gasteiger partial charge < -0.3 is 15.7 Å². The fraction of sp³-hybridized carbons (Fsp3) is 0.417. The summed E-state index contributed by atoms with van der Waals surface area (Å²) in [6.07, 6.45) is 0.628. The number of benzene rings is 1. The predicted octanol–water partition coefficient (Wildman–Crippen LogP) is 1.32. The Bertz CT molecular complexity index is 395. The maximum Gasteiger partial charge on any atom is 0.125 e. The van der Waals surface area contributed by atoms with E-state index in [-0.39, 0.29) is 12.4 Å².